The Labute approximate surface area is 244 Å². The normalized spacial score (nSPS) is 11.1. The van der Waals surface area contributed by atoms with Crippen molar-refractivity contribution in [2.45, 2.75) is 20.3 Å². The Hall–Kier alpha value is -4.48. The molecule has 0 aliphatic carbocycles. The van der Waals surface area contributed by atoms with Gasteiger partial charge in [0.25, 0.3) is 0 Å². The molecule has 0 fully saturated rings. The molecule has 0 unspecified atom stereocenters. The fourth-order valence-electron chi connectivity index (χ4n) is 4.49. The van der Waals surface area contributed by atoms with Gasteiger partial charge in [-0.15, -0.1) is 9.36 Å². The summed E-state index contributed by atoms with van der Waals surface area (Å²) in [6, 6.07) is 12.4. The van der Waals surface area contributed by atoms with Crippen molar-refractivity contribution in [3.05, 3.63) is 75.0 Å². The minimum atomic E-state index is 0. The Balaban J connectivity index is 0.00000294. The van der Waals surface area contributed by atoms with Crippen LogP contribution in [0.25, 0.3) is 0 Å². The Morgan fingerprint density at radius 1 is 0.683 bits per heavy atom. The number of anilines is 2. The molecule has 0 saturated heterocycles. The van der Waals surface area contributed by atoms with Crippen LogP contribution in [0.5, 0.6) is 0 Å². The molecule has 0 bridgehead atoms. The highest BCUT2D eigenvalue weighted by Gasteiger charge is 2.14. The maximum Gasteiger partial charge on any atom is 0.403 e. The van der Waals surface area contributed by atoms with Crippen molar-refractivity contribution in [2.75, 3.05) is 37.0 Å². The highest BCUT2D eigenvalue weighted by molar-refractivity contribution is 5.59. The molecule has 0 radical (unpaired) electrons. The number of nitrogens with zero attached hydrogens (tertiary/aromatic N) is 12. The summed E-state index contributed by atoms with van der Waals surface area (Å²) >= 11 is 0. The van der Waals surface area contributed by atoms with Crippen molar-refractivity contribution in [1.29, 1.82) is 0 Å². The summed E-state index contributed by atoms with van der Waals surface area (Å²) in [4.78, 5) is 4.58. The van der Waals surface area contributed by atoms with Crippen molar-refractivity contribution in [3.63, 3.8) is 0 Å². The van der Waals surface area contributed by atoms with Gasteiger partial charge in [-0.25, -0.2) is 9.13 Å². The van der Waals surface area contributed by atoms with E-state index in [-0.39, 0.29) is 14.9 Å². The third-order valence-electron chi connectivity index (χ3n) is 6.69. The second-order valence-electron chi connectivity index (χ2n) is 9.87. The van der Waals surface area contributed by atoms with Gasteiger partial charge in [-0.2, -0.15) is 0 Å². The molecule has 0 amide bonds. The van der Waals surface area contributed by atoms with Crippen LogP contribution in [0.4, 0.5) is 34.6 Å². The van der Waals surface area contributed by atoms with Crippen LogP contribution in [-0.4, -0.2) is 46.7 Å². The first-order valence-electron chi connectivity index (χ1n) is 12.9. The molecule has 220 valence electrons. The number of benzene rings is 2. The van der Waals surface area contributed by atoms with Crippen LogP contribution in [0.15, 0.2) is 69.5 Å². The molecular weight excluding hydrogens is 516 g/mol. The zero-order valence-corrected chi connectivity index (χ0v) is 26.1. The zero-order valence-electron chi connectivity index (χ0n) is 26.1. The average molecular weight is 561 g/mol. The summed E-state index contributed by atoms with van der Waals surface area (Å²) in [6.07, 6.45) is 4.44. The van der Waals surface area contributed by atoms with Gasteiger partial charge in [-0.05, 0) is 78.0 Å². The lowest BCUT2D eigenvalue weighted by atomic mass is 10.1. The van der Waals surface area contributed by atoms with Gasteiger partial charge in [-0.3, -0.25) is 0 Å². The van der Waals surface area contributed by atoms with E-state index in [9.17, 15) is 0 Å². The van der Waals surface area contributed by atoms with Crippen LogP contribution in [0.2, 0.25) is 0 Å². The third-order valence-corrected chi connectivity index (χ3v) is 6.69. The monoisotopic (exact) mass is 560 g/mol. The summed E-state index contributed by atoms with van der Waals surface area (Å²) in [5, 5.41) is 25.8. The van der Waals surface area contributed by atoms with Gasteiger partial charge in [0.2, 0.25) is 12.7 Å². The van der Waals surface area contributed by atoms with Crippen molar-refractivity contribution in [3.8, 4) is 0 Å². The van der Waals surface area contributed by atoms with Crippen LogP contribution >= 0.6 is 0 Å². The predicted molar refractivity (Wildman–Crippen MR) is 163 cm³/mol. The Kier molecular flexibility index (Phi) is 11.4. The van der Waals surface area contributed by atoms with E-state index in [0.29, 0.717) is 11.9 Å². The van der Waals surface area contributed by atoms with Crippen molar-refractivity contribution in [2.24, 2.45) is 48.6 Å². The van der Waals surface area contributed by atoms with E-state index in [4.69, 9.17) is 0 Å². The van der Waals surface area contributed by atoms with E-state index in [1.165, 1.54) is 11.4 Å². The molecule has 0 spiro atoms. The molecule has 0 aliphatic heterocycles. The first kappa shape index (κ1) is 32.7. The van der Waals surface area contributed by atoms with Gasteiger partial charge < -0.3 is 24.7 Å². The molecule has 2 aromatic carbocycles. The lowest BCUT2D eigenvalue weighted by Gasteiger charge is -2.25. The standard InChI is InChI=1S/C27H38N12.2CH3/c1-20-16-22(30-32-26-36(5)18-28-38(26)7)10-12-24(20)34(3)14-9-15-35(4)25-13-11-23(17-21(25)2)31-33-27-37(6)19-29-39(27)8;;/h10-13,16-19H,9,14-15H2,1-8H3;2*1H3/q+2;2*-1. The molecular formula is C29H44N12. The van der Waals surface area contributed by atoms with Crippen LogP contribution in [0.3, 0.4) is 0 Å². The Bertz CT molecular complexity index is 1350. The maximum absolute atomic E-state index is 4.40. The highest BCUT2D eigenvalue weighted by Crippen LogP contribution is 2.27. The number of aromatic nitrogens is 6. The largest absolute Gasteiger partial charge is 0.403 e. The summed E-state index contributed by atoms with van der Waals surface area (Å²) in [5.74, 6) is 1.37. The van der Waals surface area contributed by atoms with E-state index in [0.717, 1.165) is 42.0 Å². The highest BCUT2D eigenvalue weighted by atomic mass is 15.4. The topological polar surface area (TPSA) is 99.3 Å². The molecule has 0 N–H and O–H groups in total. The number of azo groups is 2. The first-order chi connectivity index (χ1) is 18.6. The molecule has 12 nitrogen and oxygen atoms in total. The lowest BCUT2D eigenvalue weighted by Crippen LogP contribution is -2.26. The summed E-state index contributed by atoms with van der Waals surface area (Å²) in [6.45, 7) is 6.09. The minimum Gasteiger partial charge on any atom is -0.374 e. The Morgan fingerprint density at radius 3 is 1.39 bits per heavy atom. The second-order valence-corrected chi connectivity index (χ2v) is 9.87. The fourth-order valence-corrected chi connectivity index (χ4v) is 4.49. The van der Waals surface area contributed by atoms with Gasteiger partial charge in [-0.1, -0.05) is 10.2 Å². The van der Waals surface area contributed by atoms with Crippen molar-refractivity contribution in [1.82, 2.24) is 19.6 Å². The molecule has 12 heteroatoms. The molecule has 2 aromatic heterocycles. The number of hydrogen-bond donors (Lipinski definition) is 0. The van der Waals surface area contributed by atoms with E-state index in [2.05, 4.69) is 92.7 Å². The smallest absolute Gasteiger partial charge is 0.374 e. The quantitative estimate of drug-likeness (QED) is 0.153. The van der Waals surface area contributed by atoms with Crippen LogP contribution in [0.1, 0.15) is 17.5 Å². The van der Waals surface area contributed by atoms with Crippen LogP contribution in [0, 0.1) is 28.7 Å². The van der Waals surface area contributed by atoms with Crippen molar-refractivity contribution < 1.29 is 9.13 Å². The molecule has 41 heavy (non-hydrogen) atoms. The SMILES string of the molecule is Cc1cc(N=Nc2n(C)nc[n+]2C)ccc1N(C)CCCN(C)c1ccc(N=Nc2n(C)nc[n+]2C)cc1C.[CH3-].[CH3-]. The third kappa shape index (κ3) is 7.80. The first-order valence-corrected chi connectivity index (χ1v) is 12.9. The average Bonchev–Trinajstić information content (AvgIpc) is 3.40. The van der Waals surface area contributed by atoms with Gasteiger partial charge in [0, 0.05) is 48.8 Å². The van der Waals surface area contributed by atoms with Gasteiger partial charge >= 0.3 is 11.9 Å². The predicted octanol–water partition coefficient (Wildman–Crippen LogP) is 5.11. The summed E-state index contributed by atoms with van der Waals surface area (Å²) < 4.78 is 7.06. The summed E-state index contributed by atoms with van der Waals surface area (Å²) in [7, 11) is 11.8. The fraction of sp³-hybridized carbons (Fsp3) is 0.379. The zero-order chi connectivity index (χ0) is 28.1. The number of hydrogen-bond acceptors (Lipinski definition) is 8. The molecule has 0 saturated carbocycles. The summed E-state index contributed by atoms with van der Waals surface area (Å²) in [5.41, 5.74) is 6.34. The van der Waals surface area contributed by atoms with Crippen molar-refractivity contribution >= 4 is 34.6 Å². The Morgan fingerprint density at radius 2 is 1.07 bits per heavy atom. The van der Waals surface area contributed by atoms with E-state index in [1.807, 2.05) is 49.5 Å². The van der Waals surface area contributed by atoms with Gasteiger partial charge in [0.05, 0.1) is 39.6 Å². The molecule has 4 rings (SSSR count). The van der Waals surface area contributed by atoms with Gasteiger partial charge in [0.1, 0.15) is 0 Å². The van der Waals surface area contributed by atoms with Crippen LogP contribution in [-0.2, 0) is 28.2 Å². The molecule has 0 aliphatic rings. The van der Waals surface area contributed by atoms with Gasteiger partial charge in [0.15, 0.2) is 0 Å². The van der Waals surface area contributed by atoms with E-state index < -0.39 is 0 Å². The number of rotatable bonds is 10. The lowest BCUT2D eigenvalue weighted by molar-refractivity contribution is -0.659. The second kappa shape index (κ2) is 14.2. The van der Waals surface area contributed by atoms with Crippen LogP contribution < -0.4 is 18.9 Å². The molecule has 4 aromatic rings. The molecule has 0 atom stereocenters. The minimum absolute atomic E-state index is 0. The molecule has 2 heterocycles. The number of aryl methyl sites for hydroxylation is 6. The maximum atomic E-state index is 4.40. The van der Waals surface area contributed by atoms with E-state index in [1.54, 1.807) is 22.0 Å². The van der Waals surface area contributed by atoms with E-state index >= 15 is 0 Å².